The minimum absolute atomic E-state index is 0.0921. The zero-order valence-electron chi connectivity index (χ0n) is 21.3. The zero-order valence-corrected chi connectivity index (χ0v) is 22.8. The Morgan fingerprint density at radius 1 is 1.10 bits per heavy atom. The van der Waals surface area contributed by atoms with Gasteiger partial charge in [0.2, 0.25) is 5.91 Å². The number of halogens is 2. The first kappa shape index (κ1) is 27.0. The highest BCUT2D eigenvalue weighted by molar-refractivity contribution is 6.42. The first-order chi connectivity index (χ1) is 19.0. The Bertz CT molecular complexity index is 1370. The molecular weight excluding hydrogens is 543 g/mol. The average molecular weight is 571 g/mol. The number of rotatable bonds is 8. The van der Waals surface area contributed by atoms with Gasteiger partial charge < -0.3 is 25.0 Å². The molecule has 10 nitrogen and oxygen atoms in total. The number of amides is 1. The van der Waals surface area contributed by atoms with Crippen LogP contribution in [-0.2, 0) is 14.4 Å². The van der Waals surface area contributed by atoms with E-state index in [9.17, 15) is 4.79 Å². The Balaban J connectivity index is 1.44. The number of benzene rings is 2. The number of carbonyl (C=O) groups is 1. The molecule has 2 saturated heterocycles. The summed E-state index contributed by atoms with van der Waals surface area (Å²) in [5.74, 6) is 1.36. The van der Waals surface area contributed by atoms with E-state index in [1.165, 1.54) is 12.4 Å². The van der Waals surface area contributed by atoms with E-state index >= 15 is 0 Å². The van der Waals surface area contributed by atoms with Crippen LogP contribution in [0, 0.1) is 0 Å². The lowest BCUT2D eigenvalue weighted by Gasteiger charge is -2.31. The highest BCUT2D eigenvalue weighted by Crippen LogP contribution is 2.40. The van der Waals surface area contributed by atoms with Gasteiger partial charge in [0.1, 0.15) is 17.9 Å². The number of aromatic nitrogens is 2. The Hall–Kier alpha value is -3.57. The smallest absolute Gasteiger partial charge is 0.247 e. The van der Waals surface area contributed by atoms with Crippen molar-refractivity contribution in [3.05, 3.63) is 71.0 Å². The summed E-state index contributed by atoms with van der Waals surface area (Å²) < 4.78 is 11.2. The van der Waals surface area contributed by atoms with E-state index in [1.807, 2.05) is 24.3 Å². The molecule has 5 rings (SSSR count). The van der Waals surface area contributed by atoms with Crippen molar-refractivity contribution in [3.8, 4) is 5.75 Å². The van der Waals surface area contributed by atoms with Crippen molar-refractivity contribution in [2.24, 2.45) is 0 Å². The van der Waals surface area contributed by atoms with Gasteiger partial charge in [0.15, 0.2) is 5.82 Å². The maximum Gasteiger partial charge on any atom is 0.247 e. The molecule has 3 heterocycles. The summed E-state index contributed by atoms with van der Waals surface area (Å²) in [6.45, 7) is 6.69. The number of nitrogens with one attached hydrogen (secondary N) is 2. The second kappa shape index (κ2) is 12.1. The maximum absolute atomic E-state index is 12.2. The number of hydroxylamine groups is 1. The van der Waals surface area contributed by atoms with Crippen molar-refractivity contribution >= 4 is 57.8 Å². The van der Waals surface area contributed by atoms with Gasteiger partial charge in [0.05, 0.1) is 60.1 Å². The van der Waals surface area contributed by atoms with Crippen molar-refractivity contribution in [3.63, 3.8) is 0 Å². The number of hydrogen-bond donors (Lipinski definition) is 2. The molecular formula is C27H28Cl2N6O4. The molecule has 1 aromatic heterocycles. The fourth-order valence-corrected chi connectivity index (χ4v) is 4.88. The number of ether oxygens (including phenoxy) is 2. The number of methoxy groups -OCH3 is 1. The number of morpholine rings is 1. The van der Waals surface area contributed by atoms with Crippen LogP contribution < -0.4 is 25.3 Å². The SMILES string of the molecule is C=CC(=O)Nc1cc(Nc2cc(N3OCC[C@@H]3c3ccc(Cl)c(Cl)c3)ncn2)c(OC)cc1N1CCOCC1. The van der Waals surface area contributed by atoms with E-state index in [1.54, 1.807) is 24.3 Å². The van der Waals surface area contributed by atoms with Crippen molar-refractivity contribution in [1.29, 1.82) is 0 Å². The molecule has 39 heavy (non-hydrogen) atoms. The summed E-state index contributed by atoms with van der Waals surface area (Å²) in [5, 5.41) is 8.94. The van der Waals surface area contributed by atoms with Crippen LogP contribution in [-0.4, -0.2) is 55.9 Å². The van der Waals surface area contributed by atoms with Crippen LogP contribution in [0.25, 0.3) is 0 Å². The van der Waals surface area contributed by atoms with Crippen molar-refractivity contribution in [1.82, 2.24) is 9.97 Å². The van der Waals surface area contributed by atoms with Crippen molar-refractivity contribution in [2.45, 2.75) is 12.5 Å². The predicted molar refractivity (Wildman–Crippen MR) is 152 cm³/mol. The standard InChI is InChI=1S/C27H28Cl2N6O4/c1-3-27(36)33-20-13-21(24(37-2)14-23(20)34-7-10-38-11-8-34)32-25-15-26(31-16-30-25)35-22(6-9-39-35)17-4-5-18(28)19(29)12-17/h3-5,12-16,22H,1,6-11H2,2H3,(H,33,36)(H,30,31,32)/t22-/m1/s1. The lowest BCUT2D eigenvalue weighted by molar-refractivity contribution is -0.111. The molecule has 1 amide bonds. The minimum Gasteiger partial charge on any atom is -0.494 e. The number of anilines is 5. The van der Waals surface area contributed by atoms with Crippen LogP contribution in [0.4, 0.5) is 28.7 Å². The average Bonchev–Trinajstić information content (AvgIpc) is 3.45. The maximum atomic E-state index is 12.2. The van der Waals surface area contributed by atoms with Crippen LogP contribution in [0.15, 0.2) is 55.4 Å². The number of nitrogens with zero attached hydrogens (tertiary/aromatic N) is 4. The molecule has 2 aromatic carbocycles. The molecule has 0 bridgehead atoms. The molecule has 1 atom stereocenters. The zero-order chi connectivity index (χ0) is 27.4. The van der Waals surface area contributed by atoms with Gasteiger partial charge in [-0.05, 0) is 29.8 Å². The van der Waals surface area contributed by atoms with Gasteiger partial charge >= 0.3 is 0 Å². The summed E-state index contributed by atoms with van der Waals surface area (Å²) in [6.07, 6.45) is 3.45. The molecule has 0 aliphatic carbocycles. The van der Waals surface area contributed by atoms with Crippen LogP contribution >= 0.6 is 23.2 Å². The molecule has 0 saturated carbocycles. The summed E-state index contributed by atoms with van der Waals surface area (Å²) in [4.78, 5) is 29.1. The topological polar surface area (TPSA) is 101 Å². The molecule has 3 aromatic rings. The highest BCUT2D eigenvalue weighted by atomic mass is 35.5. The summed E-state index contributed by atoms with van der Waals surface area (Å²) in [7, 11) is 1.59. The van der Waals surface area contributed by atoms with E-state index < -0.39 is 0 Å². The van der Waals surface area contributed by atoms with Crippen LogP contribution in [0.1, 0.15) is 18.0 Å². The molecule has 2 aliphatic rings. The molecule has 2 N–H and O–H groups in total. The first-order valence-corrected chi connectivity index (χ1v) is 13.2. The third-order valence-corrected chi connectivity index (χ3v) is 7.23. The first-order valence-electron chi connectivity index (χ1n) is 12.4. The van der Waals surface area contributed by atoms with Gasteiger partial charge in [0.25, 0.3) is 0 Å². The second-order valence-electron chi connectivity index (χ2n) is 8.89. The Morgan fingerprint density at radius 2 is 1.92 bits per heavy atom. The monoisotopic (exact) mass is 570 g/mol. The quantitative estimate of drug-likeness (QED) is 0.345. The lowest BCUT2D eigenvalue weighted by atomic mass is 10.0. The van der Waals surface area contributed by atoms with Gasteiger partial charge in [-0.3, -0.25) is 9.63 Å². The van der Waals surface area contributed by atoms with Gasteiger partial charge in [-0.15, -0.1) is 0 Å². The number of carbonyl (C=O) groups excluding carboxylic acids is 1. The van der Waals surface area contributed by atoms with Gasteiger partial charge in [-0.2, -0.15) is 0 Å². The van der Waals surface area contributed by atoms with Crippen LogP contribution in [0.2, 0.25) is 10.0 Å². The van der Waals surface area contributed by atoms with Crippen LogP contribution in [0.3, 0.4) is 0 Å². The fraction of sp³-hybridized carbons (Fsp3) is 0.296. The predicted octanol–water partition coefficient (Wildman–Crippen LogP) is 5.38. The highest BCUT2D eigenvalue weighted by Gasteiger charge is 2.30. The summed E-state index contributed by atoms with van der Waals surface area (Å²) >= 11 is 12.4. The van der Waals surface area contributed by atoms with Gasteiger partial charge in [0, 0.05) is 31.6 Å². The third-order valence-electron chi connectivity index (χ3n) is 6.49. The largest absolute Gasteiger partial charge is 0.494 e. The Kier molecular flexibility index (Phi) is 8.37. The van der Waals surface area contributed by atoms with E-state index in [4.69, 9.17) is 37.5 Å². The Labute approximate surface area is 236 Å². The molecule has 2 fully saturated rings. The van der Waals surface area contributed by atoms with Gasteiger partial charge in [-0.1, -0.05) is 35.8 Å². The molecule has 0 spiro atoms. The van der Waals surface area contributed by atoms with E-state index in [0.29, 0.717) is 71.7 Å². The fourth-order valence-electron chi connectivity index (χ4n) is 4.58. The lowest BCUT2D eigenvalue weighted by Crippen LogP contribution is -2.36. The second-order valence-corrected chi connectivity index (χ2v) is 9.70. The van der Waals surface area contributed by atoms with E-state index in [2.05, 4.69) is 32.1 Å². The van der Waals surface area contributed by atoms with Crippen molar-refractivity contribution in [2.75, 3.05) is 60.6 Å². The molecule has 0 unspecified atom stereocenters. The normalized spacial score (nSPS) is 17.2. The molecule has 12 heteroatoms. The number of hydrogen-bond acceptors (Lipinski definition) is 9. The molecule has 0 radical (unpaired) electrons. The minimum atomic E-state index is -0.315. The van der Waals surface area contributed by atoms with E-state index in [0.717, 1.165) is 17.7 Å². The molecule has 2 aliphatic heterocycles. The van der Waals surface area contributed by atoms with Gasteiger partial charge in [-0.25, -0.2) is 15.0 Å². The van der Waals surface area contributed by atoms with E-state index in [-0.39, 0.29) is 11.9 Å². The Morgan fingerprint density at radius 3 is 2.67 bits per heavy atom. The van der Waals surface area contributed by atoms with Crippen molar-refractivity contribution < 1.29 is 19.1 Å². The third kappa shape index (κ3) is 6.04. The molecule has 204 valence electrons. The summed E-state index contributed by atoms with van der Waals surface area (Å²) in [5.41, 5.74) is 3.02. The van der Waals surface area contributed by atoms with Crippen LogP contribution in [0.5, 0.6) is 5.75 Å². The summed E-state index contributed by atoms with van der Waals surface area (Å²) in [6, 6.07) is 10.9.